The first-order chi connectivity index (χ1) is 12.4. The van der Waals surface area contributed by atoms with E-state index in [4.69, 9.17) is 14.2 Å². The number of carbonyl (C=O) groups is 2. The van der Waals surface area contributed by atoms with Gasteiger partial charge in [-0.25, -0.2) is 0 Å². The Bertz CT molecular complexity index is 750. The third-order valence-corrected chi connectivity index (χ3v) is 8.82. The summed E-state index contributed by atoms with van der Waals surface area (Å²) in [5, 5.41) is 0. The van der Waals surface area contributed by atoms with Crippen molar-refractivity contribution in [2.24, 2.45) is 28.6 Å². The lowest BCUT2D eigenvalue weighted by molar-refractivity contribution is -0.239. The third kappa shape index (κ3) is 1.61. The molecule has 0 N–H and O–H groups in total. The maximum atomic E-state index is 13.5. The molecule has 0 aromatic rings. The minimum atomic E-state index is -0.559. The lowest BCUT2D eigenvalue weighted by Gasteiger charge is -2.57. The second kappa shape index (κ2) is 4.68. The van der Waals surface area contributed by atoms with E-state index >= 15 is 0 Å². The van der Waals surface area contributed by atoms with Crippen LogP contribution in [0.1, 0.15) is 46.0 Å². The molecule has 1 spiro atoms. The van der Waals surface area contributed by atoms with Crippen molar-refractivity contribution in [1.29, 1.82) is 0 Å². The maximum absolute atomic E-state index is 13.5. The molecule has 26 heavy (non-hydrogen) atoms. The van der Waals surface area contributed by atoms with Crippen LogP contribution < -0.4 is 0 Å². The fraction of sp³-hybridized carbons (Fsp3) is 0.810. The molecular weight excluding hydrogens is 332 g/mol. The van der Waals surface area contributed by atoms with Gasteiger partial charge in [-0.1, -0.05) is 19.4 Å². The number of Topliss-reactive ketones (excluding diaryl/α,β-unsaturated/α-hetero) is 1. The highest BCUT2D eigenvalue weighted by atomic mass is 16.7. The van der Waals surface area contributed by atoms with Gasteiger partial charge >= 0.3 is 0 Å². The van der Waals surface area contributed by atoms with Gasteiger partial charge in [0.25, 0.3) is 0 Å². The largest absolute Gasteiger partial charge is 0.360 e. The number of ether oxygens (including phenoxy) is 3. The second-order valence-electron chi connectivity index (χ2n) is 9.67. The van der Waals surface area contributed by atoms with Crippen LogP contribution >= 0.6 is 0 Å². The molecular formula is C21H26O5. The standard InChI is InChI=1S/C21H26O5/c1-19-10-15(23)16-12(13(19)5-6-21(19)24-7-8-25-21)4-3-11-9-14(22)17-18(26-17)20(11,16)2/h9,12-13,16-18H,3-8,10H2,1-2H3/t12-,13-,16+,17-,18-,19-,20-/m0/s1. The van der Waals surface area contributed by atoms with Crippen LogP contribution in [0.5, 0.6) is 0 Å². The molecule has 0 unspecified atom stereocenters. The number of epoxide rings is 1. The summed E-state index contributed by atoms with van der Waals surface area (Å²) in [5.41, 5.74) is 0.626. The summed E-state index contributed by atoms with van der Waals surface area (Å²) in [5.74, 6) is 0.619. The third-order valence-electron chi connectivity index (χ3n) is 8.82. The Morgan fingerprint density at radius 3 is 2.65 bits per heavy atom. The highest BCUT2D eigenvalue weighted by Crippen LogP contribution is 2.69. The Hall–Kier alpha value is -1.04. The first-order valence-corrected chi connectivity index (χ1v) is 10.1. The van der Waals surface area contributed by atoms with E-state index in [2.05, 4.69) is 13.8 Å². The predicted molar refractivity (Wildman–Crippen MR) is 91.2 cm³/mol. The molecule has 6 rings (SSSR count). The van der Waals surface area contributed by atoms with Crippen LogP contribution in [0.3, 0.4) is 0 Å². The molecule has 5 nitrogen and oxygen atoms in total. The van der Waals surface area contributed by atoms with Crippen LogP contribution in [0.4, 0.5) is 0 Å². The molecule has 0 aromatic heterocycles. The highest BCUT2D eigenvalue weighted by molar-refractivity contribution is 5.99. The quantitative estimate of drug-likeness (QED) is 0.622. The van der Waals surface area contributed by atoms with Crippen molar-refractivity contribution in [2.75, 3.05) is 13.2 Å². The minimum Gasteiger partial charge on any atom is -0.360 e. The molecule has 6 aliphatic rings. The van der Waals surface area contributed by atoms with E-state index in [0.29, 0.717) is 37.3 Å². The molecule has 140 valence electrons. The van der Waals surface area contributed by atoms with Gasteiger partial charge in [-0.2, -0.15) is 0 Å². The molecule has 5 heteroatoms. The van der Waals surface area contributed by atoms with Crippen molar-refractivity contribution in [3.05, 3.63) is 11.6 Å². The second-order valence-corrected chi connectivity index (χ2v) is 9.67. The summed E-state index contributed by atoms with van der Waals surface area (Å²) in [4.78, 5) is 25.7. The van der Waals surface area contributed by atoms with Gasteiger partial charge in [0.2, 0.25) is 0 Å². The molecule has 2 heterocycles. The van der Waals surface area contributed by atoms with Crippen LogP contribution in [0.15, 0.2) is 11.6 Å². The number of rotatable bonds is 0. The highest BCUT2D eigenvalue weighted by Gasteiger charge is 2.72. The lowest BCUT2D eigenvalue weighted by atomic mass is 9.46. The van der Waals surface area contributed by atoms with Crippen molar-refractivity contribution >= 4 is 11.6 Å². The van der Waals surface area contributed by atoms with Crippen molar-refractivity contribution in [3.8, 4) is 0 Å². The molecule has 3 saturated carbocycles. The average molecular weight is 358 g/mol. The SMILES string of the molecule is C[C@@]12C(=CC(=O)[C@@H]3O[C@@H]31)CC[C@@H]1[C@@H]2C(=O)C[C@@]2(C)[C@H]1CCC21OCCO1. The molecule has 4 aliphatic carbocycles. The van der Waals surface area contributed by atoms with Gasteiger partial charge in [0.1, 0.15) is 18.0 Å². The van der Waals surface area contributed by atoms with Gasteiger partial charge in [-0.15, -0.1) is 0 Å². The smallest absolute Gasteiger partial charge is 0.187 e. The van der Waals surface area contributed by atoms with Gasteiger partial charge in [0.15, 0.2) is 11.6 Å². The summed E-state index contributed by atoms with van der Waals surface area (Å²) >= 11 is 0. The number of hydrogen-bond acceptors (Lipinski definition) is 5. The van der Waals surface area contributed by atoms with Crippen molar-refractivity contribution in [2.45, 2.75) is 63.9 Å². The van der Waals surface area contributed by atoms with Crippen LogP contribution in [0, 0.1) is 28.6 Å². The van der Waals surface area contributed by atoms with Crippen molar-refractivity contribution in [1.82, 2.24) is 0 Å². The maximum Gasteiger partial charge on any atom is 0.187 e. The van der Waals surface area contributed by atoms with Gasteiger partial charge in [-0.3, -0.25) is 9.59 Å². The van der Waals surface area contributed by atoms with Crippen LogP contribution in [0.25, 0.3) is 0 Å². The van der Waals surface area contributed by atoms with E-state index in [1.165, 1.54) is 0 Å². The summed E-state index contributed by atoms with van der Waals surface area (Å²) in [6, 6.07) is 0. The Labute approximate surface area is 153 Å². The van der Waals surface area contributed by atoms with Gasteiger partial charge in [0.05, 0.1) is 13.2 Å². The van der Waals surface area contributed by atoms with E-state index in [0.717, 1.165) is 31.3 Å². The number of carbonyl (C=O) groups excluding carboxylic acids is 2. The van der Waals surface area contributed by atoms with E-state index in [-0.39, 0.29) is 34.7 Å². The summed E-state index contributed by atoms with van der Waals surface area (Å²) in [6.07, 6.45) is 5.77. The molecule has 0 bridgehead atoms. The Morgan fingerprint density at radius 1 is 1.12 bits per heavy atom. The molecule has 0 amide bonds. The fourth-order valence-electron chi connectivity index (χ4n) is 7.62. The Morgan fingerprint density at radius 2 is 1.88 bits per heavy atom. The zero-order chi connectivity index (χ0) is 17.9. The Kier molecular flexibility index (Phi) is 2.87. The number of hydrogen-bond donors (Lipinski definition) is 0. The van der Waals surface area contributed by atoms with Gasteiger partial charge in [-0.05, 0) is 37.2 Å². The first-order valence-electron chi connectivity index (χ1n) is 10.1. The summed E-state index contributed by atoms with van der Waals surface area (Å²) in [7, 11) is 0. The van der Waals surface area contributed by atoms with Crippen LogP contribution in [-0.2, 0) is 23.8 Å². The van der Waals surface area contributed by atoms with Crippen LogP contribution in [0.2, 0.25) is 0 Å². The van der Waals surface area contributed by atoms with E-state index in [9.17, 15) is 9.59 Å². The zero-order valence-corrected chi connectivity index (χ0v) is 15.5. The topological polar surface area (TPSA) is 65.1 Å². The molecule has 0 radical (unpaired) electrons. The summed E-state index contributed by atoms with van der Waals surface area (Å²) in [6.45, 7) is 5.67. The molecule has 0 aromatic carbocycles. The first kappa shape index (κ1) is 16.0. The fourth-order valence-corrected chi connectivity index (χ4v) is 7.62. The zero-order valence-electron chi connectivity index (χ0n) is 15.5. The van der Waals surface area contributed by atoms with Crippen LogP contribution in [-0.4, -0.2) is 42.8 Å². The summed E-state index contributed by atoms with van der Waals surface area (Å²) < 4.78 is 18.0. The van der Waals surface area contributed by atoms with Gasteiger partial charge in [0, 0.05) is 29.6 Å². The molecule has 7 atom stereocenters. The van der Waals surface area contributed by atoms with E-state index < -0.39 is 5.79 Å². The lowest BCUT2D eigenvalue weighted by Crippen LogP contribution is -2.60. The normalized spacial score (nSPS) is 53.6. The minimum absolute atomic E-state index is 0.0276. The number of fused-ring (bicyclic) bond motifs is 8. The molecule has 5 fully saturated rings. The van der Waals surface area contributed by atoms with E-state index in [1.807, 2.05) is 0 Å². The predicted octanol–water partition coefficient (Wildman–Crippen LogP) is 2.43. The Balaban J connectivity index is 1.43. The van der Waals surface area contributed by atoms with Crippen molar-refractivity contribution in [3.63, 3.8) is 0 Å². The van der Waals surface area contributed by atoms with Gasteiger partial charge < -0.3 is 14.2 Å². The monoisotopic (exact) mass is 358 g/mol. The van der Waals surface area contributed by atoms with Crippen molar-refractivity contribution < 1.29 is 23.8 Å². The van der Waals surface area contributed by atoms with E-state index in [1.54, 1.807) is 6.08 Å². The average Bonchev–Trinajstić information content (AvgIpc) is 3.20. The number of ketones is 2. The molecule has 2 saturated heterocycles. The molecule has 2 aliphatic heterocycles.